The summed E-state index contributed by atoms with van der Waals surface area (Å²) in [6, 6.07) is 7.75. The molecule has 0 aromatic heterocycles. The van der Waals surface area contributed by atoms with Crippen molar-refractivity contribution < 1.29 is 14.3 Å². The zero-order valence-electron chi connectivity index (χ0n) is 12.1. The summed E-state index contributed by atoms with van der Waals surface area (Å²) in [7, 11) is 0. The zero-order valence-corrected chi connectivity index (χ0v) is 12.1. The Morgan fingerprint density at radius 3 is 2.45 bits per heavy atom. The van der Waals surface area contributed by atoms with Gasteiger partial charge >= 0.3 is 6.09 Å². The maximum absolute atomic E-state index is 11.8. The summed E-state index contributed by atoms with van der Waals surface area (Å²) < 4.78 is 4.78. The predicted octanol–water partition coefficient (Wildman–Crippen LogP) is 2.37. The van der Waals surface area contributed by atoms with E-state index in [0.29, 0.717) is 13.2 Å². The lowest BCUT2D eigenvalue weighted by Gasteiger charge is -2.19. The van der Waals surface area contributed by atoms with Crippen LogP contribution in [0.15, 0.2) is 24.3 Å². The second-order valence-electron chi connectivity index (χ2n) is 5.91. The van der Waals surface area contributed by atoms with Crippen LogP contribution in [0.1, 0.15) is 26.3 Å². The van der Waals surface area contributed by atoms with Gasteiger partial charge in [-0.15, -0.1) is 0 Å². The molecule has 1 aliphatic heterocycles. The fraction of sp³-hybridized carbons (Fsp3) is 0.467. The largest absolute Gasteiger partial charge is 0.448 e. The lowest BCUT2D eigenvalue weighted by atomic mass is 9.87. The van der Waals surface area contributed by atoms with E-state index in [0.717, 1.165) is 5.69 Å². The van der Waals surface area contributed by atoms with E-state index in [1.165, 1.54) is 10.5 Å². The van der Waals surface area contributed by atoms with Gasteiger partial charge in [-0.2, -0.15) is 0 Å². The van der Waals surface area contributed by atoms with Gasteiger partial charge in [-0.05, 0) is 23.1 Å². The van der Waals surface area contributed by atoms with Gasteiger partial charge < -0.3 is 10.1 Å². The third-order valence-corrected chi connectivity index (χ3v) is 3.21. The quantitative estimate of drug-likeness (QED) is 0.922. The van der Waals surface area contributed by atoms with Gasteiger partial charge in [-0.25, -0.2) is 4.79 Å². The third kappa shape index (κ3) is 3.50. The number of anilines is 1. The Bertz CT molecular complexity index is 503. The molecule has 5 nitrogen and oxygen atoms in total. The summed E-state index contributed by atoms with van der Waals surface area (Å²) in [5.41, 5.74) is 2.02. The second-order valence-corrected chi connectivity index (χ2v) is 5.91. The Labute approximate surface area is 118 Å². The summed E-state index contributed by atoms with van der Waals surface area (Å²) in [5, 5.41) is 2.78. The Balaban J connectivity index is 1.93. The number of ether oxygens (including phenoxy) is 1. The van der Waals surface area contributed by atoms with E-state index < -0.39 is 6.09 Å². The van der Waals surface area contributed by atoms with Crippen LogP contribution >= 0.6 is 0 Å². The molecule has 108 valence electrons. The van der Waals surface area contributed by atoms with E-state index in [9.17, 15) is 9.59 Å². The Morgan fingerprint density at radius 2 is 1.95 bits per heavy atom. The van der Waals surface area contributed by atoms with E-state index in [2.05, 4.69) is 26.1 Å². The van der Waals surface area contributed by atoms with E-state index >= 15 is 0 Å². The number of carbonyl (C=O) groups is 2. The molecule has 0 saturated carbocycles. The van der Waals surface area contributed by atoms with Crippen molar-refractivity contribution in [2.24, 2.45) is 0 Å². The van der Waals surface area contributed by atoms with Gasteiger partial charge in [0, 0.05) is 5.69 Å². The van der Waals surface area contributed by atoms with Crippen LogP contribution in [-0.4, -0.2) is 36.6 Å². The summed E-state index contributed by atoms with van der Waals surface area (Å²) in [6.45, 7) is 7.26. The van der Waals surface area contributed by atoms with Gasteiger partial charge in [0.05, 0.1) is 6.54 Å². The molecule has 0 aliphatic carbocycles. The Kier molecular flexibility index (Phi) is 3.97. The standard InChI is InChI=1S/C15H20N2O3/c1-15(2,3)11-4-6-12(7-5-11)16-13(18)10-17-8-9-20-14(17)19/h4-7H,8-10H2,1-3H3,(H,16,18). The molecule has 0 unspecified atom stereocenters. The van der Waals surface area contributed by atoms with E-state index in [1.807, 2.05) is 24.3 Å². The van der Waals surface area contributed by atoms with Crippen LogP contribution < -0.4 is 5.32 Å². The number of carbonyl (C=O) groups excluding carboxylic acids is 2. The molecule has 2 amide bonds. The predicted molar refractivity (Wildman–Crippen MR) is 76.7 cm³/mol. The summed E-state index contributed by atoms with van der Waals surface area (Å²) in [6.07, 6.45) is -0.428. The number of nitrogens with one attached hydrogen (secondary N) is 1. The van der Waals surface area contributed by atoms with E-state index in [4.69, 9.17) is 4.74 Å². The molecule has 1 heterocycles. The number of hydrogen-bond acceptors (Lipinski definition) is 3. The molecule has 0 spiro atoms. The van der Waals surface area contributed by atoms with Crippen molar-refractivity contribution in [1.82, 2.24) is 4.90 Å². The summed E-state index contributed by atoms with van der Waals surface area (Å²) in [4.78, 5) is 24.5. The van der Waals surface area contributed by atoms with Crippen molar-refractivity contribution in [3.05, 3.63) is 29.8 Å². The Morgan fingerprint density at radius 1 is 1.30 bits per heavy atom. The molecule has 1 saturated heterocycles. The lowest BCUT2D eigenvalue weighted by molar-refractivity contribution is -0.116. The average Bonchev–Trinajstić information content (AvgIpc) is 2.74. The molecule has 5 heteroatoms. The van der Waals surface area contributed by atoms with E-state index in [1.54, 1.807) is 0 Å². The molecule has 0 atom stereocenters. The number of amides is 2. The number of nitrogens with zero attached hydrogens (tertiary/aromatic N) is 1. The zero-order chi connectivity index (χ0) is 14.8. The molecule has 1 aliphatic rings. The topological polar surface area (TPSA) is 58.6 Å². The van der Waals surface area contributed by atoms with Gasteiger partial charge in [0.1, 0.15) is 13.2 Å². The monoisotopic (exact) mass is 276 g/mol. The number of benzene rings is 1. The summed E-state index contributed by atoms with van der Waals surface area (Å²) in [5.74, 6) is -0.215. The molecule has 1 aromatic rings. The fourth-order valence-electron chi connectivity index (χ4n) is 2.00. The van der Waals surface area contributed by atoms with Crippen LogP contribution in [0.5, 0.6) is 0 Å². The molecule has 1 N–H and O–H groups in total. The lowest BCUT2D eigenvalue weighted by Crippen LogP contribution is -2.33. The van der Waals surface area contributed by atoms with Gasteiger partial charge in [0.25, 0.3) is 0 Å². The minimum atomic E-state index is -0.428. The number of cyclic esters (lactones) is 1. The first-order chi connectivity index (χ1) is 9.36. The van der Waals surface area contributed by atoms with Crippen molar-refractivity contribution in [3.63, 3.8) is 0 Å². The molecule has 1 fully saturated rings. The number of hydrogen-bond donors (Lipinski definition) is 1. The van der Waals surface area contributed by atoms with Crippen molar-refractivity contribution in [3.8, 4) is 0 Å². The maximum Gasteiger partial charge on any atom is 0.410 e. The number of rotatable bonds is 3. The molecule has 20 heavy (non-hydrogen) atoms. The van der Waals surface area contributed by atoms with Gasteiger partial charge in [0.15, 0.2) is 0 Å². The first kappa shape index (κ1) is 14.4. The van der Waals surface area contributed by atoms with E-state index in [-0.39, 0.29) is 17.9 Å². The van der Waals surface area contributed by atoms with Crippen molar-refractivity contribution in [2.75, 3.05) is 25.0 Å². The third-order valence-electron chi connectivity index (χ3n) is 3.21. The fourth-order valence-corrected chi connectivity index (χ4v) is 2.00. The van der Waals surface area contributed by atoms with Crippen LogP contribution in [0.2, 0.25) is 0 Å². The molecule has 0 bridgehead atoms. The summed E-state index contributed by atoms with van der Waals surface area (Å²) >= 11 is 0. The second kappa shape index (κ2) is 5.53. The SMILES string of the molecule is CC(C)(C)c1ccc(NC(=O)CN2CCOC2=O)cc1. The molecule has 1 aromatic carbocycles. The average molecular weight is 276 g/mol. The molecular weight excluding hydrogens is 256 g/mol. The maximum atomic E-state index is 11.8. The molecule has 0 radical (unpaired) electrons. The molecule has 2 rings (SSSR count). The normalized spacial score (nSPS) is 15.2. The van der Waals surface area contributed by atoms with Gasteiger partial charge in [0.2, 0.25) is 5.91 Å². The van der Waals surface area contributed by atoms with Gasteiger partial charge in [-0.1, -0.05) is 32.9 Å². The smallest absolute Gasteiger partial charge is 0.410 e. The highest BCUT2D eigenvalue weighted by atomic mass is 16.6. The highest BCUT2D eigenvalue weighted by Crippen LogP contribution is 2.23. The Hall–Kier alpha value is -2.04. The highest BCUT2D eigenvalue weighted by Gasteiger charge is 2.24. The highest BCUT2D eigenvalue weighted by molar-refractivity contribution is 5.94. The van der Waals surface area contributed by atoms with Crippen molar-refractivity contribution in [2.45, 2.75) is 26.2 Å². The van der Waals surface area contributed by atoms with Crippen LogP contribution in [0, 0.1) is 0 Å². The van der Waals surface area contributed by atoms with Crippen LogP contribution in [0.3, 0.4) is 0 Å². The van der Waals surface area contributed by atoms with Gasteiger partial charge in [-0.3, -0.25) is 9.69 Å². The minimum Gasteiger partial charge on any atom is -0.448 e. The molecular formula is C15H20N2O3. The van der Waals surface area contributed by atoms with Crippen molar-refractivity contribution in [1.29, 1.82) is 0 Å². The van der Waals surface area contributed by atoms with Crippen molar-refractivity contribution >= 4 is 17.7 Å². The first-order valence-corrected chi connectivity index (χ1v) is 6.68. The van der Waals surface area contributed by atoms with Crippen LogP contribution in [0.4, 0.5) is 10.5 Å². The minimum absolute atomic E-state index is 0.0276. The first-order valence-electron chi connectivity index (χ1n) is 6.68. The van der Waals surface area contributed by atoms with Crippen LogP contribution in [-0.2, 0) is 14.9 Å². The van der Waals surface area contributed by atoms with Crippen LogP contribution in [0.25, 0.3) is 0 Å².